The van der Waals surface area contributed by atoms with Crippen LogP contribution >= 0.6 is 11.3 Å². The first-order chi connectivity index (χ1) is 8.21. The number of aryl methyl sites for hydroxylation is 1. The predicted molar refractivity (Wildman–Crippen MR) is 72.6 cm³/mol. The van der Waals surface area contributed by atoms with Crippen LogP contribution in [0.1, 0.15) is 37.1 Å². The summed E-state index contributed by atoms with van der Waals surface area (Å²) in [6.45, 7) is 5.12. The Bertz CT molecular complexity index is 362. The van der Waals surface area contributed by atoms with Crippen molar-refractivity contribution in [2.24, 2.45) is 10.9 Å². The van der Waals surface area contributed by atoms with Crippen molar-refractivity contribution in [3.63, 3.8) is 0 Å². The SMILES string of the molecule is CCc1ccsc1CNC(CC)CC(N)=NO. The van der Waals surface area contributed by atoms with Crippen LogP contribution in [0.25, 0.3) is 0 Å². The zero-order valence-corrected chi connectivity index (χ0v) is 11.3. The molecule has 0 aliphatic rings. The van der Waals surface area contributed by atoms with Crippen molar-refractivity contribution in [1.82, 2.24) is 5.32 Å². The molecule has 1 heterocycles. The molecule has 1 aromatic rings. The standard InChI is InChI=1S/C12H21N3OS/c1-3-9-5-6-17-11(9)8-14-10(4-2)7-12(13)15-16/h5-6,10,14,16H,3-4,7-8H2,1-2H3,(H2,13,15). The second-order valence-electron chi connectivity index (χ2n) is 4.00. The van der Waals surface area contributed by atoms with Crippen molar-refractivity contribution in [2.75, 3.05) is 0 Å². The van der Waals surface area contributed by atoms with E-state index in [1.807, 2.05) is 0 Å². The smallest absolute Gasteiger partial charge is 0.140 e. The van der Waals surface area contributed by atoms with Gasteiger partial charge in [0.1, 0.15) is 5.84 Å². The number of rotatable bonds is 7. The van der Waals surface area contributed by atoms with Gasteiger partial charge in [-0.3, -0.25) is 0 Å². The van der Waals surface area contributed by atoms with E-state index in [1.54, 1.807) is 11.3 Å². The van der Waals surface area contributed by atoms with Crippen molar-refractivity contribution < 1.29 is 5.21 Å². The van der Waals surface area contributed by atoms with E-state index in [-0.39, 0.29) is 11.9 Å². The maximum absolute atomic E-state index is 8.55. The Morgan fingerprint density at radius 1 is 1.59 bits per heavy atom. The summed E-state index contributed by atoms with van der Waals surface area (Å²) in [4.78, 5) is 1.38. The summed E-state index contributed by atoms with van der Waals surface area (Å²) in [5.74, 6) is 0.284. The lowest BCUT2D eigenvalue weighted by Gasteiger charge is -2.16. The summed E-state index contributed by atoms with van der Waals surface area (Å²) in [5.41, 5.74) is 6.92. The molecule has 0 saturated heterocycles. The molecule has 5 heteroatoms. The molecule has 1 aromatic heterocycles. The molecule has 0 aliphatic carbocycles. The maximum atomic E-state index is 8.55. The van der Waals surface area contributed by atoms with E-state index in [9.17, 15) is 0 Å². The van der Waals surface area contributed by atoms with Crippen LogP contribution in [0.15, 0.2) is 16.6 Å². The lowest BCUT2D eigenvalue weighted by atomic mass is 10.1. The quantitative estimate of drug-likeness (QED) is 0.303. The van der Waals surface area contributed by atoms with Gasteiger partial charge in [-0.15, -0.1) is 11.3 Å². The van der Waals surface area contributed by atoms with Gasteiger partial charge in [0.15, 0.2) is 0 Å². The van der Waals surface area contributed by atoms with Gasteiger partial charge in [-0.25, -0.2) is 0 Å². The van der Waals surface area contributed by atoms with Crippen LogP contribution in [0, 0.1) is 0 Å². The average Bonchev–Trinajstić information content (AvgIpc) is 2.81. The molecule has 0 aromatic carbocycles. The molecule has 0 radical (unpaired) electrons. The number of thiophene rings is 1. The van der Waals surface area contributed by atoms with Crippen molar-refractivity contribution in [1.29, 1.82) is 0 Å². The summed E-state index contributed by atoms with van der Waals surface area (Å²) in [6, 6.07) is 2.43. The third-order valence-electron chi connectivity index (χ3n) is 2.85. The average molecular weight is 255 g/mol. The van der Waals surface area contributed by atoms with Crippen LogP contribution in [0.4, 0.5) is 0 Å². The summed E-state index contributed by atoms with van der Waals surface area (Å²) in [5, 5.41) is 17.1. The van der Waals surface area contributed by atoms with Crippen molar-refractivity contribution in [2.45, 2.75) is 45.7 Å². The monoisotopic (exact) mass is 255 g/mol. The molecule has 4 nitrogen and oxygen atoms in total. The summed E-state index contributed by atoms with van der Waals surface area (Å²) >= 11 is 1.78. The summed E-state index contributed by atoms with van der Waals surface area (Å²) in [6.07, 6.45) is 2.61. The first-order valence-electron chi connectivity index (χ1n) is 5.96. The van der Waals surface area contributed by atoms with E-state index in [2.05, 4.69) is 35.8 Å². The third kappa shape index (κ3) is 4.36. The molecule has 96 valence electrons. The van der Waals surface area contributed by atoms with Gasteiger partial charge in [0, 0.05) is 23.9 Å². The second kappa shape index (κ2) is 7.29. The Labute approximate surface area is 107 Å². The summed E-state index contributed by atoms with van der Waals surface area (Å²) < 4.78 is 0. The van der Waals surface area contributed by atoms with Crippen LogP contribution in [-0.2, 0) is 13.0 Å². The number of hydrogen-bond donors (Lipinski definition) is 3. The van der Waals surface area contributed by atoms with Gasteiger partial charge in [0.25, 0.3) is 0 Å². The van der Waals surface area contributed by atoms with Crippen molar-refractivity contribution in [3.8, 4) is 0 Å². The second-order valence-corrected chi connectivity index (χ2v) is 5.00. The number of nitrogens with two attached hydrogens (primary N) is 1. The molecule has 1 unspecified atom stereocenters. The van der Waals surface area contributed by atoms with Gasteiger partial charge in [-0.1, -0.05) is 19.0 Å². The Morgan fingerprint density at radius 2 is 2.35 bits per heavy atom. The van der Waals surface area contributed by atoms with Crippen LogP contribution in [0.3, 0.4) is 0 Å². The van der Waals surface area contributed by atoms with Crippen LogP contribution < -0.4 is 11.1 Å². The molecule has 0 bridgehead atoms. The topological polar surface area (TPSA) is 70.6 Å². The first-order valence-corrected chi connectivity index (χ1v) is 6.84. The van der Waals surface area contributed by atoms with Crippen LogP contribution in [0.5, 0.6) is 0 Å². The number of hydrogen-bond acceptors (Lipinski definition) is 4. The van der Waals surface area contributed by atoms with Crippen molar-refractivity contribution in [3.05, 3.63) is 21.9 Å². The fourth-order valence-corrected chi connectivity index (χ4v) is 2.66. The van der Waals surface area contributed by atoms with E-state index in [1.165, 1.54) is 10.4 Å². The maximum Gasteiger partial charge on any atom is 0.140 e. The molecule has 1 atom stereocenters. The van der Waals surface area contributed by atoms with E-state index in [0.29, 0.717) is 6.42 Å². The molecule has 0 aliphatic heterocycles. The highest BCUT2D eigenvalue weighted by Crippen LogP contribution is 2.17. The Balaban J connectivity index is 2.47. The largest absolute Gasteiger partial charge is 0.409 e. The Kier molecular flexibility index (Phi) is 6.00. The zero-order chi connectivity index (χ0) is 12.7. The van der Waals surface area contributed by atoms with Crippen LogP contribution in [0.2, 0.25) is 0 Å². The van der Waals surface area contributed by atoms with Gasteiger partial charge in [0.2, 0.25) is 0 Å². The van der Waals surface area contributed by atoms with Gasteiger partial charge < -0.3 is 16.3 Å². The van der Waals surface area contributed by atoms with E-state index in [0.717, 1.165) is 19.4 Å². The Hall–Kier alpha value is -1.07. The van der Waals surface area contributed by atoms with Gasteiger partial charge in [0.05, 0.1) is 0 Å². The number of amidine groups is 1. The lowest BCUT2D eigenvalue weighted by molar-refractivity contribution is 0.315. The molecule has 4 N–H and O–H groups in total. The highest BCUT2D eigenvalue weighted by molar-refractivity contribution is 7.10. The van der Waals surface area contributed by atoms with Crippen LogP contribution in [-0.4, -0.2) is 17.1 Å². The van der Waals surface area contributed by atoms with Gasteiger partial charge in [-0.05, 0) is 29.9 Å². The van der Waals surface area contributed by atoms with Crippen molar-refractivity contribution >= 4 is 17.2 Å². The third-order valence-corrected chi connectivity index (χ3v) is 3.81. The minimum atomic E-state index is 0.262. The van der Waals surface area contributed by atoms with E-state index in [4.69, 9.17) is 10.9 Å². The van der Waals surface area contributed by atoms with E-state index >= 15 is 0 Å². The zero-order valence-electron chi connectivity index (χ0n) is 10.4. The first kappa shape index (κ1) is 14.0. The number of oxime groups is 1. The number of nitrogens with one attached hydrogen (secondary N) is 1. The minimum absolute atomic E-state index is 0.262. The highest BCUT2D eigenvalue weighted by atomic mass is 32.1. The molecule has 17 heavy (non-hydrogen) atoms. The molecular weight excluding hydrogens is 234 g/mol. The molecule has 0 fully saturated rings. The number of nitrogens with zero attached hydrogens (tertiary/aromatic N) is 1. The molecule has 0 amide bonds. The van der Waals surface area contributed by atoms with Gasteiger partial charge >= 0.3 is 0 Å². The highest BCUT2D eigenvalue weighted by Gasteiger charge is 2.10. The normalized spacial score (nSPS) is 13.9. The fourth-order valence-electron chi connectivity index (χ4n) is 1.73. The van der Waals surface area contributed by atoms with E-state index < -0.39 is 0 Å². The van der Waals surface area contributed by atoms with Gasteiger partial charge in [-0.2, -0.15) is 0 Å². The molecule has 0 saturated carbocycles. The fraction of sp³-hybridized carbons (Fsp3) is 0.583. The predicted octanol–water partition coefficient (Wildman–Crippen LogP) is 2.32. The summed E-state index contributed by atoms with van der Waals surface area (Å²) in [7, 11) is 0. The molecular formula is C12H21N3OS. The molecule has 0 spiro atoms. The Morgan fingerprint density at radius 3 is 2.94 bits per heavy atom. The molecule has 1 rings (SSSR count). The lowest BCUT2D eigenvalue weighted by Crippen LogP contribution is -2.32. The minimum Gasteiger partial charge on any atom is -0.409 e.